The molecule has 19 heavy (non-hydrogen) atoms. The quantitative estimate of drug-likeness (QED) is 0.785. The summed E-state index contributed by atoms with van der Waals surface area (Å²) in [7, 11) is 2.24. The number of hydrogen-bond donors (Lipinski definition) is 0. The van der Waals surface area contributed by atoms with Crippen molar-refractivity contribution in [2.24, 2.45) is 0 Å². The molecule has 0 radical (unpaired) electrons. The van der Waals surface area contributed by atoms with Gasteiger partial charge in [0.05, 0.1) is 0 Å². The predicted octanol–water partition coefficient (Wildman–Crippen LogP) is 3.19. The Balaban J connectivity index is 1.99. The van der Waals surface area contributed by atoms with Crippen LogP contribution in [0.4, 0.5) is 0 Å². The van der Waals surface area contributed by atoms with Crippen molar-refractivity contribution in [3.63, 3.8) is 0 Å². The number of piperazine rings is 1. The Labute approximate surface area is 125 Å². The van der Waals surface area contributed by atoms with E-state index in [1.807, 2.05) is 0 Å². The molecule has 3 atom stereocenters. The monoisotopic (exact) mass is 324 g/mol. The van der Waals surface area contributed by atoms with Gasteiger partial charge in [-0.2, -0.15) is 0 Å². The molecule has 0 spiro atoms. The van der Waals surface area contributed by atoms with Crippen LogP contribution in [0.25, 0.3) is 0 Å². The lowest BCUT2D eigenvalue weighted by Gasteiger charge is -2.43. The standard InChI is InChI=1S/C16H25BrN2/c1-13-10-19(11-14(2)18(13)3)12-16(9-17)15-7-5-4-6-8-15/h4-8,13-14,16H,9-12H2,1-3H3. The average Bonchev–Trinajstić information content (AvgIpc) is 2.43. The number of benzene rings is 1. The van der Waals surface area contributed by atoms with Crippen molar-refractivity contribution in [3.05, 3.63) is 35.9 Å². The Bertz CT molecular complexity index is 370. The molecule has 0 aliphatic carbocycles. The molecule has 0 N–H and O–H groups in total. The van der Waals surface area contributed by atoms with Crippen LogP contribution in [0.5, 0.6) is 0 Å². The van der Waals surface area contributed by atoms with Crippen LogP contribution in [0.2, 0.25) is 0 Å². The van der Waals surface area contributed by atoms with Crippen LogP contribution in [0, 0.1) is 0 Å². The van der Waals surface area contributed by atoms with Gasteiger partial charge < -0.3 is 0 Å². The zero-order chi connectivity index (χ0) is 13.8. The highest BCUT2D eigenvalue weighted by Gasteiger charge is 2.27. The summed E-state index contributed by atoms with van der Waals surface area (Å²) < 4.78 is 0. The van der Waals surface area contributed by atoms with E-state index in [-0.39, 0.29) is 0 Å². The molecule has 2 rings (SSSR count). The van der Waals surface area contributed by atoms with Crippen LogP contribution in [0.3, 0.4) is 0 Å². The summed E-state index contributed by atoms with van der Waals surface area (Å²) in [6.45, 7) is 8.16. The molecule has 3 unspecified atom stereocenters. The zero-order valence-corrected chi connectivity index (χ0v) is 13.8. The molecule has 106 valence electrons. The average molecular weight is 325 g/mol. The molecule has 0 saturated carbocycles. The number of hydrogen-bond acceptors (Lipinski definition) is 2. The predicted molar refractivity (Wildman–Crippen MR) is 86.1 cm³/mol. The third-order valence-corrected chi connectivity index (χ3v) is 5.15. The Morgan fingerprint density at radius 3 is 2.26 bits per heavy atom. The van der Waals surface area contributed by atoms with E-state index in [9.17, 15) is 0 Å². The van der Waals surface area contributed by atoms with Crippen LogP contribution in [0.1, 0.15) is 25.3 Å². The van der Waals surface area contributed by atoms with Crippen LogP contribution >= 0.6 is 15.9 Å². The van der Waals surface area contributed by atoms with Crippen molar-refractivity contribution >= 4 is 15.9 Å². The lowest BCUT2D eigenvalue weighted by atomic mass is 9.99. The SMILES string of the molecule is CC1CN(CC(CBr)c2ccccc2)CC(C)N1C. The third-order valence-electron chi connectivity index (χ3n) is 4.37. The van der Waals surface area contributed by atoms with Crippen molar-refractivity contribution in [1.29, 1.82) is 0 Å². The molecule has 0 bridgehead atoms. The van der Waals surface area contributed by atoms with E-state index in [0.29, 0.717) is 18.0 Å². The number of rotatable bonds is 4. The Morgan fingerprint density at radius 1 is 1.16 bits per heavy atom. The highest BCUT2D eigenvalue weighted by atomic mass is 79.9. The van der Waals surface area contributed by atoms with E-state index in [0.717, 1.165) is 11.9 Å². The Morgan fingerprint density at radius 2 is 1.74 bits per heavy atom. The minimum absolute atomic E-state index is 0.587. The second-order valence-electron chi connectivity index (χ2n) is 5.84. The second kappa shape index (κ2) is 6.87. The first-order valence-corrected chi connectivity index (χ1v) is 8.29. The number of nitrogens with zero attached hydrogens (tertiary/aromatic N) is 2. The molecule has 1 aliphatic rings. The number of likely N-dealkylation sites (N-methyl/N-ethyl adjacent to an activating group) is 1. The molecule has 0 aromatic heterocycles. The summed E-state index contributed by atoms with van der Waals surface area (Å²) in [5.74, 6) is 0.587. The van der Waals surface area contributed by atoms with Crippen molar-refractivity contribution < 1.29 is 0 Å². The Hall–Kier alpha value is -0.380. The smallest absolute Gasteiger partial charge is 0.0195 e. The van der Waals surface area contributed by atoms with Gasteiger partial charge in [0, 0.05) is 43.0 Å². The van der Waals surface area contributed by atoms with Crippen LogP contribution in [-0.4, -0.2) is 53.9 Å². The van der Waals surface area contributed by atoms with E-state index >= 15 is 0 Å². The van der Waals surface area contributed by atoms with Crippen molar-refractivity contribution in [1.82, 2.24) is 9.80 Å². The molecule has 3 heteroatoms. The van der Waals surface area contributed by atoms with Crippen molar-refractivity contribution in [2.75, 3.05) is 32.0 Å². The van der Waals surface area contributed by atoms with E-state index < -0.39 is 0 Å². The Kier molecular flexibility index (Phi) is 5.43. The van der Waals surface area contributed by atoms with Crippen molar-refractivity contribution in [2.45, 2.75) is 31.8 Å². The lowest BCUT2D eigenvalue weighted by molar-refractivity contribution is 0.0576. The van der Waals surface area contributed by atoms with E-state index in [1.54, 1.807) is 0 Å². The largest absolute Gasteiger partial charge is 0.300 e. The summed E-state index contributed by atoms with van der Waals surface area (Å²) in [5, 5.41) is 1.03. The molecule has 1 fully saturated rings. The summed E-state index contributed by atoms with van der Waals surface area (Å²) >= 11 is 3.68. The van der Waals surface area contributed by atoms with Gasteiger partial charge in [-0.25, -0.2) is 0 Å². The van der Waals surface area contributed by atoms with E-state index in [1.165, 1.54) is 18.7 Å². The second-order valence-corrected chi connectivity index (χ2v) is 6.49. The van der Waals surface area contributed by atoms with Gasteiger partial charge in [0.1, 0.15) is 0 Å². The van der Waals surface area contributed by atoms with Gasteiger partial charge in [0.15, 0.2) is 0 Å². The molecular formula is C16H25BrN2. The highest BCUT2D eigenvalue weighted by molar-refractivity contribution is 9.09. The van der Waals surface area contributed by atoms with Gasteiger partial charge in [0.2, 0.25) is 0 Å². The zero-order valence-electron chi connectivity index (χ0n) is 12.2. The van der Waals surface area contributed by atoms with Gasteiger partial charge in [-0.15, -0.1) is 0 Å². The highest BCUT2D eigenvalue weighted by Crippen LogP contribution is 2.22. The summed E-state index contributed by atoms with van der Waals surface area (Å²) in [4.78, 5) is 5.11. The maximum Gasteiger partial charge on any atom is 0.0195 e. The third kappa shape index (κ3) is 3.80. The fourth-order valence-corrected chi connectivity index (χ4v) is 3.52. The first-order chi connectivity index (χ1) is 9.11. The molecule has 2 nitrogen and oxygen atoms in total. The first-order valence-electron chi connectivity index (χ1n) is 7.17. The molecule has 1 aromatic carbocycles. The molecule has 1 aromatic rings. The fraction of sp³-hybridized carbons (Fsp3) is 0.625. The molecular weight excluding hydrogens is 300 g/mol. The minimum Gasteiger partial charge on any atom is -0.300 e. The summed E-state index contributed by atoms with van der Waals surface area (Å²) in [5.41, 5.74) is 1.44. The fourth-order valence-electron chi connectivity index (χ4n) is 2.94. The molecule has 0 amide bonds. The van der Waals surface area contributed by atoms with Gasteiger partial charge >= 0.3 is 0 Å². The first kappa shape index (κ1) is 15.0. The van der Waals surface area contributed by atoms with Crippen LogP contribution in [0.15, 0.2) is 30.3 Å². The minimum atomic E-state index is 0.587. The van der Waals surface area contributed by atoms with Crippen LogP contribution < -0.4 is 0 Å². The topological polar surface area (TPSA) is 6.48 Å². The number of alkyl halides is 1. The molecule has 1 saturated heterocycles. The van der Waals surface area contributed by atoms with Gasteiger partial charge in [0.25, 0.3) is 0 Å². The van der Waals surface area contributed by atoms with E-state index in [2.05, 4.69) is 77.0 Å². The van der Waals surface area contributed by atoms with E-state index in [4.69, 9.17) is 0 Å². The van der Waals surface area contributed by atoms with Crippen molar-refractivity contribution in [3.8, 4) is 0 Å². The van der Waals surface area contributed by atoms with Gasteiger partial charge in [-0.05, 0) is 26.5 Å². The molecule has 1 aliphatic heterocycles. The summed E-state index contributed by atoms with van der Waals surface area (Å²) in [6, 6.07) is 12.2. The normalized spacial score (nSPS) is 27.4. The lowest BCUT2D eigenvalue weighted by Crippen LogP contribution is -2.55. The maximum atomic E-state index is 3.68. The number of halogens is 1. The molecule has 1 heterocycles. The van der Waals surface area contributed by atoms with Crippen LogP contribution in [-0.2, 0) is 0 Å². The maximum absolute atomic E-state index is 3.68. The summed E-state index contributed by atoms with van der Waals surface area (Å²) in [6.07, 6.45) is 0. The van der Waals surface area contributed by atoms with Gasteiger partial charge in [-0.3, -0.25) is 9.80 Å². The van der Waals surface area contributed by atoms with Gasteiger partial charge in [-0.1, -0.05) is 46.3 Å².